The molecule has 13 nitrogen and oxygen atoms in total. The molecule has 4 saturated heterocycles. The number of rotatable bonds is 6. The van der Waals surface area contributed by atoms with Crippen LogP contribution in [0, 0.1) is 58.4 Å². The number of ether oxygens (including phenoxy) is 4. The summed E-state index contributed by atoms with van der Waals surface area (Å²) >= 11 is 0. The molecule has 2 aromatic carbocycles. The number of halogens is 5. The number of aromatic nitrogens is 6. The lowest BCUT2D eigenvalue weighted by molar-refractivity contribution is -0.104. The van der Waals surface area contributed by atoms with Crippen molar-refractivity contribution in [3.05, 3.63) is 96.8 Å². The molecule has 4 aromatic heterocycles. The van der Waals surface area contributed by atoms with E-state index in [0.29, 0.717) is 73.3 Å². The van der Waals surface area contributed by atoms with Crippen LogP contribution in [-0.2, 0) is 9.47 Å². The van der Waals surface area contributed by atoms with Gasteiger partial charge in [-0.15, -0.1) is 12.4 Å². The van der Waals surface area contributed by atoms with Crippen molar-refractivity contribution in [2.24, 2.45) is 23.7 Å². The summed E-state index contributed by atoms with van der Waals surface area (Å²) in [5.41, 5.74) is 1.40. The van der Waals surface area contributed by atoms with E-state index in [-0.39, 0.29) is 59.7 Å². The Balaban J connectivity index is 0.000000157. The molecule has 18 heteroatoms. The monoisotopic (exact) mass is 805 g/mol. The Morgan fingerprint density at radius 3 is 1.56 bits per heavy atom. The van der Waals surface area contributed by atoms with Gasteiger partial charge >= 0.3 is 0 Å². The van der Waals surface area contributed by atoms with Gasteiger partial charge in [0.25, 0.3) is 0 Å². The third-order valence-electron chi connectivity index (χ3n) is 10.8. The van der Waals surface area contributed by atoms with Crippen molar-refractivity contribution < 1.29 is 36.5 Å². The molecule has 4 fully saturated rings. The highest BCUT2D eigenvalue weighted by molar-refractivity contribution is 5.85. The minimum atomic E-state index is -0.681. The van der Waals surface area contributed by atoms with Gasteiger partial charge in [0.2, 0.25) is 11.8 Å². The smallest absolute Gasteiger partial charge is 0.226 e. The first-order chi connectivity index (χ1) is 27.3. The van der Waals surface area contributed by atoms with Crippen LogP contribution in [0.2, 0.25) is 0 Å². The van der Waals surface area contributed by atoms with Crippen LogP contribution in [0.3, 0.4) is 0 Å². The second-order valence-electron chi connectivity index (χ2n) is 14.3. The topological polar surface area (TPSA) is 137 Å². The van der Waals surface area contributed by atoms with E-state index in [4.69, 9.17) is 18.9 Å². The van der Waals surface area contributed by atoms with Gasteiger partial charge in [0.15, 0.2) is 17.5 Å². The molecule has 4 bridgehead atoms. The Labute approximate surface area is 329 Å². The first kappa shape index (κ1) is 38.3. The van der Waals surface area contributed by atoms with Crippen LogP contribution >= 0.6 is 12.4 Å². The van der Waals surface area contributed by atoms with Crippen molar-refractivity contribution in [3.8, 4) is 29.3 Å². The van der Waals surface area contributed by atoms with E-state index in [2.05, 4.69) is 31.4 Å². The minimum Gasteiger partial charge on any atom is -0.473 e. The number of nitriles is 1. The fourth-order valence-electron chi connectivity index (χ4n) is 8.16. The summed E-state index contributed by atoms with van der Waals surface area (Å²) in [6.07, 6.45) is 8.22. The summed E-state index contributed by atoms with van der Waals surface area (Å²) in [6.45, 7) is 5.20. The summed E-state index contributed by atoms with van der Waals surface area (Å²) in [6, 6.07) is 10.4. The van der Waals surface area contributed by atoms with E-state index >= 15 is 0 Å². The van der Waals surface area contributed by atoms with Crippen molar-refractivity contribution in [3.63, 3.8) is 0 Å². The zero-order valence-electron chi connectivity index (χ0n) is 30.2. The van der Waals surface area contributed by atoms with Crippen molar-refractivity contribution in [2.75, 3.05) is 52.6 Å². The van der Waals surface area contributed by atoms with Gasteiger partial charge in [-0.25, -0.2) is 37.5 Å². The van der Waals surface area contributed by atoms with Crippen LogP contribution in [0.4, 0.5) is 17.6 Å². The fourth-order valence-corrected chi connectivity index (χ4v) is 8.16. The number of benzene rings is 2. The highest BCUT2D eigenvalue weighted by Crippen LogP contribution is 2.35. The molecule has 57 heavy (non-hydrogen) atoms. The van der Waals surface area contributed by atoms with Gasteiger partial charge in [-0.3, -0.25) is 9.13 Å². The molecule has 4 aliphatic rings. The summed E-state index contributed by atoms with van der Waals surface area (Å²) in [5, 5.41) is 14.0. The zero-order chi connectivity index (χ0) is 38.3. The largest absolute Gasteiger partial charge is 0.473 e. The number of fused-ring (bicyclic) bond motifs is 6. The molecule has 0 spiro atoms. The maximum atomic E-state index is 14.3. The van der Waals surface area contributed by atoms with Crippen LogP contribution in [0.15, 0.2) is 73.6 Å². The summed E-state index contributed by atoms with van der Waals surface area (Å²) in [7, 11) is 0. The predicted molar refractivity (Wildman–Crippen MR) is 199 cm³/mol. The van der Waals surface area contributed by atoms with E-state index in [1.165, 1.54) is 36.9 Å². The fraction of sp³-hybridized carbons (Fsp3) is 0.359. The second-order valence-corrected chi connectivity index (χ2v) is 14.3. The quantitative estimate of drug-likeness (QED) is 0.175. The molecule has 8 heterocycles. The molecule has 0 amide bonds. The van der Waals surface area contributed by atoms with E-state index in [1.807, 2.05) is 0 Å². The van der Waals surface area contributed by atoms with Crippen molar-refractivity contribution >= 4 is 34.5 Å². The molecule has 4 unspecified atom stereocenters. The standard InChI is InChI=1S/C20H17F2N5O2.C19H18F2N4O2.ClH/c21-14-1-2-17(16(22)5-14)27-4-3-15-19(27)24-11-25-20(15)29-18-12-6-26(10-23)7-13(18)9-28-8-12;20-13-1-2-16(15(21)5-13)25-4-3-14-18(25)23-10-24-19(14)27-17-11-6-22-7-12(17)9-26-8-11;/h1-5,11-13,18H,6-9H2;1-5,10-12,17,22H,6-9H2;1H. The molecule has 6 aromatic rings. The maximum absolute atomic E-state index is 14.3. The first-order valence-corrected chi connectivity index (χ1v) is 18.2. The summed E-state index contributed by atoms with van der Waals surface area (Å²) in [4.78, 5) is 18.9. The average molecular weight is 806 g/mol. The van der Waals surface area contributed by atoms with Crippen molar-refractivity contribution in [2.45, 2.75) is 12.2 Å². The molecular weight excluding hydrogens is 770 g/mol. The van der Waals surface area contributed by atoms with Gasteiger partial charge < -0.3 is 29.2 Å². The van der Waals surface area contributed by atoms with Crippen molar-refractivity contribution in [1.29, 1.82) is 5.26 Å². The molecule has 4 atom stereocenters. The summed E-state index contributed by atoms with van der Waals surface area (Å²) in [5.74, 6) is -1.07. The lowest BCUT2D eigenvalue weighted by Gasteiger charge is -2.44. The van der Waals surface area contributed by atoms with Crippen LogP contribution in [0.25, 0.3) is 33.4 Å². The molecule has 1 N–H and O–H groups in total. The van der Waals surface area contributed by atoms with Gasteiger partial charge in [0.1, 0.15) is 48.1 Å². The van der Waals surface area contributed by atoms with Gasteiger partial charge in [-0.1, -0.05) is 0 Å². The lowest BCUT2D eigenvalue weighted by Crippen LogP contribution is -2.56. The average Bonchev–Trinajstić information content (AvgIpc) is 3.81. The Morgan fingerprint density at radius 1 is 0.649 bits per heavy atom. The molecular formula is C39H36ClF4N9O4. The van der Waals surface area contributed by atoms with Crippen LogP contribution in [0.5, 0.6) is 11.8 Å². The zero-order valence-corrected chi connectivity index (χ0v) is 31.0. The van der Waals surface area contributed by atoms with Crippen molar-refractivity contribution in [1.82, 2.24) is 39.3 Å². The normalized spacial score (nSPS) is 23.9. The van der Waals surface area contributed by atoms with Gasteiger partial charge in [-0.2, -0.15) is 5.26 Å². The Hall–Kier alpha value is -5.54. The lowest BCUT2D eigenvalue weighted by atomic mass is 9.85. The van der Waals surface area contributed by atoms with E-state index in [1.54, 1.807) is 38.6 Å². The highest BCUT2D eigenvalue weighted by Gasteiger charge is 2.43. The van der Waals surface area contributed by atoms with E-state index in [9.17, 15) is 22.8 Å². The molecule has 0 saturated carbocycles. The molecule has 0 radical (unpaired) electrons. The predicted octanol–water partition coefficient (Wildman–Crippen LogP) is 5.24. The third kappa shape index (κ3) is 7.41. The van der Waals surface area contributed by atoms with Crippen LogP contribution in [-0.4, -0.2) is 98.8 Å². The number of hydrogen-bond donors (Lipinski definition) is 1. The number of piperidine rings is 2. The van der Waals surface area contributed by atoms with Gasteiger partial charge in [-0.05, 0) is 36.4 Å². The number of nitrogens with zero attached hydrogens (tertiary/aromatic N) is 8. The maximum Gasteiger partial charge on any atom is 0.226 e. The molecule has 0 aliphatic carbocycles. The third-order valence-corrected chi connectivity index (χ3v) is 10.8. The SMILES string of the molecule is Cl.Fc1ccc(-n2ccc3c(OC4C5CNCC4COC5)ncnc32)c(F)c1.N#CN1CC2COCC(C1)C2Oc1ncnc2c1ccn2-c1ccc(F)cc1F. The van der Waals surface area contributed by atoms with Crippen LogP contribution in [0.1, 0.15) is 0 Å². The second kappa shape index (κ2) is 16.1. The van der Waals surface area contributed by atoms with E-state index < -0.39 is 23.3 Å². The number of nitrogens with one attached hydrogen (secondary N) is 1. The molecule has 4 aliphatic heterocycles. The van der Waals surface area contributed by atoms with Gasteiger partial charge in [0.05, 0.1) is 48.6 Å². The highest BCUT2D eigenvalue weighted by atomic mass is 35.5. The molecule has 296 valence electrons. The van der Waals surface area contributed by atoms with E-state index in [0.717, 1.165) is 25.2 Å². The molecule has 10 rings (SSSR count). The van der Waals surface area contributed by atoms with Crippen LogP contribution < -0.4 is 14.8 Å². The minimum absolute atomic E-state index is 0. The Bertz CT molecular complexity index is 2410. The number of hydrogen-bond acceptors (Lipinski definition) is 11. The number of likely N-dealkylation sites (tertiary alicyclic amines) is 1. The first-order valence-electron chi connectivity index (χ1n) is 18.2. The summed E-state index contributed by atoms with van der Waals surface area (Å²) < 4.78 is 82.0. The van der Waals surface area contributed by atoms with Gasteiger partial charge in [0, 0.05) is 74.4 Å². The Kier molecular flexibility index (Phi) is 10.9. The Morgan fingerprint density at radius 2 is 1.11 bits per heavy atom.